The molecule has 0 aliphatic heterocycles. The number of hydrogen-bond donors (Lipinski definition) is 1. The van der Waals surface area contributed by atoms with Crippen molar-refractivity contribution in [1.29, 1.82) is 0 Å². The number of hydrogen-bond acceptors (Lipinski definition) is 2. The SMILES string of the molecule is O=Cc1ccc2c(-c3ccccc3)c[nH]c2n1. The van der Waals surface area contributed by atoms with Crippen LogP contribution in [-0.4, -0.2) is 16.3 Å². The molecular formula is C14H10N2O. The molecule has 0 fully saturated rings. The van der Waals surface area contributed by atoms with Crippen molar-refractivity contribution in [2.45, 2.75) is 0 Å². The zero-order chi connectivity index (χ0) is 11.7. The van der Waals surface area contributed by atoms with Crippen LogP contribution in [0.5, 0.6) is 0 Å². The minimum absolute atomic E-state index is 0.443. The molecule has 1 aromatic carbocycles. The molecule has 3 heteroatoms. The molecule has 0 spiro atoms. The highest BCUT2D eigenvalue weighted by molar-refractivity contribution is 5.94. The smallest absolute Gasteiger partial charge is 0.168 e. The van der Waals surface area contributed by atoms with Gasteiger partial charge in [0, 0.05) is 17.1 Å². The number of aldehydes is 1. The predicted molar refractivity (Wildman–Crippen MR) is 66.9 cm³/mol. The van der Waals surface area contributed by atoms with E-state index in [9.17, 15) is 4.79 Å². The van der Waals surface area contributed by atoms with Crippen molar-refractivity contribution in [1.82, 2.24) is 9.97 Å². The summed E-state index contributed by atoms with van der Waals surface area (Å²) in [6.07, 6.45) is 2.67. The lowest BCUT2D eigenvalue weighted by atomic mass is 10.1. The lowest BCUT2D eigenvalue weighted by Crippen LogP contribution is -1.86. The Hall–Kier alpha value is -2.42. The van der Waals surface area contributed by atoms with Crippen LogP contribution >= 0.6 is 0 Å². The maximum Gasteiger partial charge on any atom is 0.168 e. The first-order chi connectivity index (χ1) is 8.38. The van der Waals surface area contributed by atoms with Crippen LogP contribution in [-0.2, 0) is 0 Å². The van der Waals surface area contributed by atoms with Gasteiger partial charge in [-0.15, -0.1) is 0 Å². The van der Waals surface area contributed by atoms with E-state index < -0.39 is 0 Å². The summed E-state index contributed by atoms with van der Waals surface area (Å²) >= 11 is 0. The Morgan fingerprint density at radius 3 is 2.65 bits per heavy atom. The van der Waals surface area contributed by atoms with Crippen molar-refractivity contribution in [2.75, 3.05) is 0 Å². The Kier molecular flexibility index (Phi) is 2.22. The molecule has 3 nitrogen and oxygen atoms in total. The van der Waals surface area contributed by atoms with E-state index in [1.807, 2.05) is 30.5 Å². The normalized spacial score (nSPS) is 10.6. The highest BCUT2D eigenvalue weighted by atomic mass is 16.1. The number of fused-ring (bicyclic) bond motifs is 1. The zero-order valence-corrected chi connectivity index (χ0v) is 9.05. The molecule has 17 heavy (non-hydrogen) atoms. The monoisotopic (exact) mass is 222 g/mol. The number of H-pyrrole nitrogens is 1. The van der Waals surface area contributed by atoms with Crippen molar-refractivity contribution < 1.29 is 4.79 Å². The topological polar surface area (TPSA) is 45.8 Å². The minimum Gasteiger partial charge on any atom is -0.345 e. The van der Waals surface area contributed by atoms with Crippen LogP contribution in [0.3, 0.4) is 0 Å². The summed E-state index contributed by atoms with van der Waals surface area (Å²) in [5.41, 5.74) is 3.43. The molecule has 0 aliphatic carbocycles. The maximum atomic E-state index is 10.7. The van der Waals surface area contributed by atoms with Gasteiger partial charge in [-0.3, -0.25) is 4.79 Å². The molecule has 3 aromatic rings. The van der Waals surface area contributed by atoms with Gasteiger partial charge in [-0.1, -0.05) is 30.3 Å². The minimum atomic E-state index is 0.443. The van der Waals surface area contributed by atoms with Gasteiger partial charge in [0.15, 0.2) is 6.29 Å². The predicted octanol–water partition coefficient (Wildman–Crippen LogP) is 3.04. The van der Waals surface area contributed by atoms with Gasteiger partial charge in [0.25, 0.3) is 0 Å². The largest absolute Gasteiger partial charge is 0.345 e. The van der Waals surface area contributed by atoms with E-state index in [2.05, 4.69) is 22.1 Å². The summed E-state index contributed by atoms with van der Waals surface area (Å²) in [5.74, 6) is 0. The van der Waals surface area contributed by atoms with Gasteiger partial charge in [0.1, 0.15) is 11.3 Å². The van der Waals surface area contributed by atoms with Gasteiger partial charge in [-0.2, -0.15) is 0 Å². The molecule has 0 saturated carbocycles. The Labute approximate surface area is 98.1 Å². The third kappa shape index (κ3) is 1.61. The Balaban J connectivity index is 2.22. The molecule has 2 aromatic heterocycles. The molecule has 2 heterocycles. The van der Waals surface area contributed by atoms with E-state index in [0.717, 1.165) is 28.4 Å². The van der Waals surface area contributed by atoms with Crippen LogP contribution in [0.1, 0.15) is 10.5 Å². The van der Waals surface area contributed by atoms with E-state index in [1.54, 1.807) is 6.07 Å². The second-order valence-electron chi connectivity index (χ2n) is 3.82. The number of aromatic amines is 1. The molecule has 3 rings (SSSR count). The van der Waals surface area contributed by atoms with Crippen molar-refractivity contribution in [3.8, 4) is 11.1 Å². The van der Waals surface area contributed by atoms with Gasteiger partial charge < -0.3 is 4.98 Å². The Morgan fingerprint density at radius 1 is 1.06 bits per heavy atom. The fourth-order valence-electron chi connectivity index (χ4n) is 1.94. The van der Waals surface area contributed by atoms with Crippen LogP contribution in [0, 0.1) is 0 Å². The summed E-state index contributed by atoms with van der Waals surface area (Å²) < 4.78 is 0. The number of carbonyl (C=O) groups is 1. The van der Waals surface area contributed by atoms with Crippen molar-refractivity contribution in [3.05, 3.63) is 54.4 Å². The molecule has 0 amide bonds. The molecule has 0 unspecified atom stereocenters. The van der Waals surface area contributed by atoms with Gasteiger partial charge in [-0.05, 0) is 17.7 Å². The quantitative estimate of drug-likeness (QED) is 0.677. The lowest BCUT2D eigenvalue weighted by Gasteiger charge is -1.98. The highest BCUT2D eigenvalue weighted by Gasteiger charge is 2.06. The molecule has 0 radical (unpaired) electrons. The van der Waals surface area contributed by atoms with Crippen molar-refractivity contribution in [2.24, 2.45) is 0 Å². The Morgan fingerprint density at radius 2 is 1.88 bits per heavy atom. The standard InChI is InChI=1S/C14H10N2O/c17-9-11-6-7-12-13(8-15-14(12)16-11)10-4-2-1-3-5-10/h1-9H,(H,15,16). The average Bonchev–Trinajstić information content (AvgIpc) is 2.82. The fraction of sp³-hybridized carbons (Fsp3) is 0. The number of benzene rings is 1. The molecule has 82 valence electrons. The third-order valence-electron chi connectivity index (χ3n) is 2.77. The number of aromatic nitrogens is 2. The van der Waals surface area contributed by atoms with E-state index in [-0.39, 0.29) is 0 Å². The van der Waals surface area contributed by atoms with Gasteiger partial charge in [0.05, 0.1) is 0 Å². The molecule has 0 aliphatic rings. The second kappa shape index (κ2) is 3.87. The van der Waals surface area contributed by atoms with Crippen molar-refractivity contribution in [3.63, 3.8) is 0 Å². The first-order valence-corrected chi connectivity index (χ1v) is 5.37. The number of nitrogens with zero attached hydrogens (tertiary/aromatic N) is 1. The summed E-state index contributed by atoms with van der Waals surface area (Å²) in [6.45, 7) is 0. The number of rotatable bonds is 2. The summed E-state index contributed by atoms with van der Waals surface area (Å²) in [6, 6.07) is 13.7. The first-order valence-electron chi connectivity index (χ1n) is 5.37. The van der Waals surface area contributed by atoms with E-state index in [4.69, 9.17) is 0 Å². The van der Waals surface area contributed by atoms with Crippen LogP contribution in [0.2, 0.25) is 0 Å². The molecule has 1 N–H and O–H groups in total. The first kappa shape index (κ1) is 9.78. The van der Waals surface area contributed by atoms with Crippen LogP contribution in [0.4, 0.5) is 0 Å². The number of pyridine rings is 1. The summed E-state index contributed by atoms with van der Waals surface area (Å²) in [5, 5.41) is 1.03. The van der Waals surface area contributed by atoms with E-state index >= 15 is 0 Å². The molecule has 0 saturated heterocycles. The van der Waals surface area contributed by atoms with E-state index in [0.29, 0.717) is 5.69 Å². The van der Waals surface area contributed by atoms with E-state index in [1.165, 1.54) is 0 Å². The number of carbonyl (C=O) groups excluding carboxylic acids is 1. The average molecular weight is 222 g/mol. The van der Waals surface area contributed by atoms with Crippen molar-refractivity contribution >= 4 is 17.3 Å². The molecule has 0 bridgehead atoms. The van der Waals surface area contributed by atoms with Crippen LogP contribution < -0.4 is 0 Å². The Bertz CT molecular complexity index is 671. The van der Waals surface area contributed by atoms with Gasteiger partial charge in [-0.25, -0.2) is 4.98 Å². The zero-order valence-electron chi connectivity index (χ0n) is 9.05. The second-order valence-corrected chi connectivity index (χ2v) is 3.82. The van der Waals surface area contributed by atoms with Gasteiger partial charge in [0.2, 0.25) is 0 Å². The molecule has 0 atom stereocenters. The van der Waals surface area contributed by atoms with Crippen LogP contribution in [0.25, 0.3) is 22.2 Å². The number of nitrogens with one attached hydrogen (secondary N) is 1. The van der Waals surface area contributed by atoms with Gasteiger partial charge >= 0.3 is 0 Å². The molecular weight excluding hydrogens is 212 g/mol. The summed E-state index contributed by atoms with van der Waals surface area (Å²) in [4.78, 5) is 18.0. The fourth-order valence-corrected chi connectivity index (χ4v) is 1.94. The third-order valence-corrected chi connectivity index (χ3v) is 2.77. The maximum absolute atomic E-state index is 10.7. The lowest BCUT2D eigenvalue weighted by molar-refractivity contribution is 0.111. The highest BCUT2D eigenvalue weighted by Crippen LogP contribution is 2.27. The summed E-state index contributed by atoms with van der Waals surface area (Å²) in [7, 11) is 0. The van der Waals surface area contributed by atoms with Crippen LogP contribution in [0.15, 0.2) is 48.7 Å².